The highest BCUT2D eigenvalue weighted by atomic mass is 32.2. The number of nitrogens with two attached hydrogens (primary N) is 1. The standard InChI is InChI=1S/C10H21N7O2S/c1-4-17(5-2)10-15-8(11)14-9(16-10)13-6-7-20(18,19)12-3/h12H,4-7H2,1-3H3,(H3,11,13,14,15,16). The van der Waals surface area contributed by atoms with E-state index in [4.69, 9.17) is 5.73 Å². The molecule has 0 atom stereocenters. The Morgan fingerprint density at radius 2 is 1.85 bits per heavy atom. The summed E-state index contributed by atoms with van der Waals surface area (Å²) in [5, 5.41) is 2.83. The maximum atomic E-state index is 11.3. The number of nitrogens with zero attached hydrogens (tertiary/aromatic N) is 4. The van der Waals surface area contributed by atoms with Crippen LogP contribution >= 0.6 is 0 Å². The van der Waals surface area contributed by atoms with Crippen LogP contribution in [0.15, 0.2) is 0 Å². The van der Waals surface area contributed by atoms with E-state index in [0.29, 0.717) is 5.95 Å². The first-order valence-electron chi connectivity index (χ1n) is 6.33. The van der Waals surface area contributed by atoms with E-state index in [1.54, 1.807) is 0 Å². The third-order valence-electron chi connectivity index (χ3n) is 2.65. The van der Waals surface area contributed by atoms with Crippen molar-refractivity contribution in [2.45, 2.75) is 13.8 Å². The van der Waals surface area contributed by atoms with Crippen molar-refractivity contribution in [3.05, 3.63) is 0 Å². The van der Waals surface area contributed by atoms with E-state index in [-0.39, 0.29) is 24.2 Å². The van der Waals surface area contributed by atoms with Crippen LogP contribution in [0.2, 0.25) is 0 Å². The van der Waals surface area contributed by atoms with Gasteiger partial charge in [-0.3, -0.25) is 0 Å². The lowest BCUT2D eigenvalue weighted by Crippen LogP contribution is -2.28. The number of hydrogen-bond donors (Lipinski definition) is 3. The Bertz CT molecular complexity index is 530. The molecule has 0 spiro atoms. The number of hydrogen-bond acceptors (Lipinski definition) is 8. The van der Waals surface area contributed by atoms with Gasteiger partial charge in [-0.25, -0.2) is 13.1 Å². The summed E-state index contributed by atoms with van der Waals surface area (Å²) in [5.74, 6) is 0.767. The molecule has 0 aliphatic carbocycles. The number of anilines is 3. The fourth-order valence-corrected chi connectivity index (χ4v) is 2.08. The molecule has 0 aliphatic rings. The van der Waals surface area contributed by atoms with Crippen LogP contribution in [0.3, 0.4) is 0 Å². The van der Waals surface area contributed by atoms with E-state index in [1.807, 2.05) is 18.7 Å². The predicted molar refractivity (Wildman–Crippen MR) is 79.1 cm³/mol. The van der Waals surface area contributed by atoms with Crippen LogP contribution in [0.4, 0.5) is 17.8 Å². The van der Waals surface area contributed by atoms with Gasteiger partial charge in [-0.1, -0.05) is 0 Å². The summed E-state index contributed by atoms with van der Waals surface area (Å²) in [7, 11) is -1.89. The Hall–Kier alpha value is -1.68. The molecule has 1 aromatic heterocycles. The second-order valence-electron chi connectivity index (χ2n) is 3.94. The van der Waals surface area contributed by atoms with Crippen LogP contribution < -0.4 is 20.7 Å². The molecule has 4 N–H and O–H groups in total. The van der Waals surface area contributed by atoms with E-state index in [9.17, 15) is 8.42 Å². The fourth-order valence-electron chi connectivity index (χ4n) is 1.51. The average molecular weight is 303 g/mol. The molecule has 20 heavy (non-hydrogen) atoms. The molecular formula is C10H21N7O2S. The summed E-state index contributed by atoms with van der Waals surface area (Å²) >= 11 is 0. The van der Waals surface area contributed by atoms with Gasteiger partial charge in [0.25, 0.3) is 0 Å². The zero-order chi connectivity index (χ0) is 15.2. The van der Waals surface area contributed by atoms with Crippen molar-refractivity contribution < 1.29 is 8.42 Å². The molecule has 0 fully saturated rings. The van der Waals surface area contributed by atoms with E-state index in [2.05, 4.69) is 25.0 Å². The van der Waals surface area contributed by atoms with Crippen LogP contribution in [0.1, 0.15) is 13.8 Å². The first-order valence-corrected chi connectivity index (χ1v) is 7.98. The van der Waals surface area contributed by atoms with Crippen molar-refractivity contribution in [2.24, 2.45) is 0 Å². The van der Waals surface area contributed by atoms with Crippen molar-refractivity contribution in [3.8, 4) is 0 Å². The van der Waals surface area contributed by atoms with Gasteiger partial charge in [0.15, 0.2) is 0 Å². The molecule has 0 saturated carbocycles. The van der Waals surface area contributed by atoms with Crippen molar-refractivity contribution in [2.75, 3.05) is 48.4 Å². The minimum Gasteiger partial charge on any atom is -0.368 e. The molecule has 0 unspecified atom stereocenters. The van der Waals surface area contributed by atoms with Gasteiger partial charge in [-0.05, 0) is 20.9 Å². The maximum absolute atomic E-state index is 11.3. The molecule has 0 amide bonds. The number of nitrogens with one attached hydrogen (secondary N) is 2. The first-order chi connectivity index (χ1) is 9.41. The fraction of sp³-hybridized carbons (Fsp3) is 0.700. The number of rotatable bonds is 8. The Morgan fingerprint density at radius 1 is 1.20 bits per heavy atom. The molecule has 0 aromatic carbocycles. The van der Waals surface area contributed by atoms with Gasteiger partial charge in [0.1, 0.15) is 0 Å². The lowest BCUT2D eigenvalue weighted by atomic mass is 10.5. The van der Waals surface area contributed by atoms with Crippen LogP contribution in [0.25, 0.3) is 0 Å². The first kappa shape index (κ1) is 16.4. The van der Waals surface area contributed by atoms with Crippen molar-refractivity contribution in [3.63, 3.8) is 0 Å². The smallest absolute Gasteiger partial charge is 0.231 e. The number of nitrogen functional groups attached to an aromatic ring is 1. The largest absolute Gasteiger partial charge is 0.368 e. The van der Waals surface area contributed by atoms with E-state index in [1.165, 1.54) is 7.05 Å². The van der Waals surface area contributed by atoms with Gasteiger partial charge in [-0.2, -0.15) is 15.0 Å². The molecule has 0 saturated heterocycles. The number of aromatic nitrogens is 3. The predicted octanol–water partition coefficient (Wildman–Crippen LogP) is -0.739. The van der Waals surface area contributed by atoms with Crippen molar-refractivity contribution in [1.82, 2.24) is 19.7 Å². The van der Waals surface area contributed by atoms with Crippen molar-refractivity contribution >= 4 is 27.9 Å². The van der Waals surface area contributed by atoms with E-state index < -0.39 is 10.0 Å². The highest BCUT2D eigenvalue weighted by Gasteiger charge is 2.11. The SMILES string of the molecule is CCN(CC)c1nc(N)nc(NCCS(=O)(=O)NC)n1. The van der Waals surface area contributed by atoms with Gasteiger partial charge >= 0.3 is 0 Å². The summed E-state index contributed by atoms with van der Waals surface area (Å²) in [6.07, 6.45) is 0. The average Bonchev–Trinajstić information content (AvgIpc) is 2.39. The Balaban J connectivity index is 2.76. The molecule has 1 heterocycles. The summed E-state index contributed by atoms with van der Waals surface area (Å²) in [4.78, 5) is 14.1. The second-order valence-corrected chi connectivity index (χ2v) is 5.99. The molecule has 0 bridgehead atoms. The summed E-state index contributed by atoms with van der Waals surface area (Å²) < 4.78 is 24.8. The van der Waals surface area contributed by atoms with Gasteiger partial charge < -0.3 is 16.0 Å². The van der Waals surface area contributed by atoms with E-state index in [0.717, 1.165) is 13.1 Å². The monoisotopic (exact) mass is 303 g/mol. The zero-order valence-corrected chi connectivity index (χ0v) is 12.7. The van der Waals surface area contributed by atoms with Crippen LogP contribution in [-0.4, -0.2) is 55.8 Å². The highest BCUT2D eigenvalue weighted by molar-refractivity contribution is 7.89. The Kier molecular flexibility index (Phi) is 5.89. The van der Waals surface area contributed by atoms with Crippen LogP contribution in [0.5, 0.6) is 0 Å². The molecule has 0 aliphatic heterocycles. The molecule has 9 nitrogen and oxygen atoms in total. The minimum atomic E-state index is -3.26. The zero-order valence-electron chi connectivity index (χ0n) is 11.9. The lowest BCUT2D eigenvalue weighted by molar-refractivity contribution is 0.588. The molecule has 114 valence electrons. The van der Waals surface area contributed by atoms with Crippen molar-refractivity contribution in [1.29, 1.82) is 0 Å². The third-order valence-corrected chi connectivity index (χ3v) is 4.02. The second kappa shape index (κ2) is 7.20. The summed E-state index contributed by atoms with van der Waals surface area (Å²) in [5.41, 5.74) is 5.63. The topological polar surface area (TPSA) is 126 Å². The molecular weight excluding hydrogens is 282 g/mol. The summed E-state index contributed by atoms with van der Waals surface area (Å²) in [6.45, 7) is 5.64. The normalized spacial score (nSPS) is 11.3. The number of sulfonamides is 1. The van der Waals surface area contributed by atoms with Gasteiger partial charge in [-0.15, -0.1) is 0 Å². The van der Waals surface area contributed by atoms with Crippen LogP contribution in [-0.2, 0) is 10.0 Å². The third kappa shape index (κ3) is 4.78. The maximum Gasteiger partial charge on any atom is 0.231 e. The minimum absolute atomic E-state index is 0.0737. The highest BCUT2D eigenvalue weighted by Crippen LogP contribution is 2.11. The lowest BCUT2D eigenvalue weighted by Gasteiger charge is -2.19. The van der Waals surface area contributed by atoms with Gasteiger partial charge in [0.2, 0.25) is 27.9 Å². The van der Waals surface area contributed by atoms with E-state index >= 15 is 0 Å². The Morgan fingerprint density at radius 3 is 2.40 bits per heavy atom. The summed E-state index contributed by atoms with van der Waals surface area (Å²) in [6, 6.07) is 0. The quantitative estimate of drug-likeness (QED) is 0.573. The molecule has 0 radical (unpaired) electrons. The van der Waals surface area contributed by atoms with Gasteiger partial charge in [0, 0.05) is 19.6 Å². The Labute approximate surface area is 119 Å². The molecule has 1 aromatic rings. The van der Waals surface area contributed by atoms with Gasteiger partial charge in [0.05, 0.1) is 5.75 Å². The molecule has 10 heteroatoms. The van der Waals surface area contributed by atoms with Crippen LogP contribution in [0, 0.1) is 0 Å². The molecule has 1 rings (SSSR count).